The molecular weight excluding hydrogens is 366 g/mol. The Labute approximate surface area is 178 Å². The van der Waals surface area contributed by atoms with Gasteiger partial charge in [-0.15, -0.1) is 5.11 Å². The number of carbonyl (C=O) groups is 1. The van der Waals surface area contributed by atoms with Gasteiger partial charge in [-0.2, -0.15) is 0 Å². The Kier molecular flexibility index (Phi) is 12.2. The van der Waals surface area contributed by atoms with Crippen LogP contribution in [0, 0.1) is 5.41 Å². The molecule has 0 aromatic carbocycles. The van der Waals surface area contributed by atoms with Crippen molar-refractivity contribution in [3.8, 4) is 0 Å². The largest absolute Gasteiger partial charge is 0.381 e. The van der Waals surface area contributed by atoms with E-state index in [0.717, 1.165) is 25.7 Å². The summed E-state index contributed by atoms with van der Waals surface area (Å²) in [7, 11) is 0. The molecule has 0 N–H and O–H groups in total. The van der Waals surface area contributed by atoms with Crippen molar-refractivity contribution in [3.63, 3.8) is 0 Å². The van der Waals surface area contributed by atoms with Crippen LogP contribution in [0.25, 0.3) is 0 Å². The van der Waals surface area contributed by atoms with Crippen molar-refractivity contribution in [1.82, 2.24) is 5.01 Å². The lowest BCUT2D eigenvalue weighted by Gasteiger charge is -2.34. The lowest BCUT2D eigenvalue weighted by Crippen LogP contribution is -2.38. The van der Waals surface area contributed by atoms with Gasteiger partial charge in [0.2, 0.25) is 0 Å². The molecule has 0 saturated heterocycles. The highest BCUT2D eigenvalue weighted by Gasteiger charge is 2.27. The molecule has 168 valence electrons. The smallest absolute Gasteiger partial charge is 0.140 e. The van der Waals surface area contributed by atoms with E-state index in [2.05, 4.69) is 58.1 Å². The Morgan fingerprint density at radius 1 is 1.00 bits per heavy atom. The fourth-order valence-electron chi connectivity index (χ4n) is 2.95. The molecular formula is C23H43N3O3. The van der Waals surface area contributed by atoms with Crippen LogP contribution in [0.3, 0.4) is 0 Å². The summed E-state index contributed by atoms with van der Waals surface area (Å²) in [6, 6.07) is 0. The average molecular weight is 410 g/mol. The summed E-state index contributed by atoms with van der Waals surface area (Å²) in [6.45, 7) is 23.3. The van der Waals surface area contributed by atoms with Crippen molar-refractivity contribution in [3.05, 3.63) is 25.6 Å². The van der Waals surface area contributed by atoms with Crippen LogP contribution >= 0.6 is 0 Å². The summed E-state index contributed by atoms with van der Waals surface area (Å²) < 4.78 is 11.8. The number of nitrogens with zero attached hydrogens (tertiary/aromatic N) is 3. The van der Waals surface area contributed by atoms with Gasteiger partial charge >= 0.3 is 0 Å². The molecule has 6 heteroatoms. The first-order chi connectivity index (χ1) is 13.4. The van der Waals surface area contributed by atoms with Crippen LogP contribution in [-0.2, 0) is 14.3 Å². The molecule has 0 heterocycles. The van der Waals surface area contributed by atoms with Gasteiger partial charge in [0.05, 0.1) is 17.7 Å². The number of hydrogen-bond acceptors (Lipinski definition) is 5. The zero-order valence-electron chi connectivity index (χ0n) is 19.8. The van der Waals surface area contributed by atoms with Gasteiger partial charge in [-0.25, -0.2) is 5.01 Å². The Morgan fingerprint density at radius 3 is 2.21 bits per heavy atom. The summed E-state index contributed by atoms with van der Waals surface area (Å²) in [4.78, 5) is 12.3. The monoisotopic (exact) mass is 409 g/mol. The van der Waals surface area contributed by atoms with E-state index in [-0.39, 0.29) is 22.3 Å². The normalized spacial score (nSPS) is 12.9. The van der Waals surface area contributed by atoms with Crippen molar-refractivity contribution in [2.45, 2.75) is 91.7 Å². The average Bonchev–Trinajstić information content (AvgIpc) is 2.61. The molecule has 0 spiro atoms. The van der Waals surface area contributed by atoms with E-state index >= 15 is 0 Å². The second-order valence-corrected chi connectivity index (χ2v) is 9.25. The predicted molar refractivity (Wildman–Crippen MR) is 120 cm³/mol. The molecule has 0 atom stereocenters. The van der Waals surface area contributed by atoms with Crippen molar-refractivity contribution >= 4 is 5.78 Å². The van der Waals surface area contributed by atoms with E-state index in [1.165, 1.54) is 6.20 Å². The van der Waals surface area contributed by atoms with Crippen LogP contribution in [0.2, 0.25) is 0 Å². The summed E-state index contributed by atoms with van der Waals surface area (Å²) >= 11 is 0. The van der Waals surface area contributed by atoms with Gasteiger partial charge in [0.25, 0.3) is 0 Å². The van der Waals surface area contributed by atoms with Gasteiger partial charge in [-0.3, -0.25) is 4.79 Å². The third kappa shape index (κ3) is 11.3. The van der Waals surface area contributed by atoms with Crippen molar-refractivity contribution in [1.29, 1.82) is 0 Å². The minimum atomic E-state index is -0.302. The van der Waals surface area contributed by atoms with E-state index in [4.69, 9.17) is 9.47 Å². The summed E-state index contributed by atoms with van der Waals surface area (Å²) in [5, 5.41) is 9.62. The standard InChI is InChI=1S/C23H43N3O3/c1-10-14-21(4,5)20(27)13-17-28-18-16-23(8,9)29-19-15-22(6,7)26(12-3)25-24-11-2/h11-12H,2-3,10,13-19H2,1,4-9H3/b25-24-. The zero-order valence-corrected chi connectivity index (χ0v) is 19.8. The lowest BCUT2D eigenvalue weighted by atomic mass is 9.82. The van der Waals surface area contributed by atoms with Crippen molar-refractivity contribution in [2.75, 3.05) is 19.8 Å². The highest BCUT2D eigenvalue weighted by Crippen LogP contribution is 2.25. The van der Waals surface area contributed by atoms with Crippen LogP contribution < -0.4 is 0 Å². The Balaban J connectivity index is 4.24. The first-order valence-electron chi connectivity index (χ1n) is 10.6. The predicted octanol–water partition coefficient (Wildman–Crippen LogP) is 6.10. The number of Topliss-reactive ketones (excluding diaryl/α,β-unsaturated/α-hetero) is 1. The third-order valence-electron chi connectivity index (χ3n) is 5.18. The number of hydrogen-bond donors (Lipinski definition) is 0. The molecule has 6 nitrogen and oxygen atoms in total. The van der Waals surface area contributed by atoms with Crippen LogP contribution in [0.5, 0.6) is 0 Å². The number of ketones is 1. The Bertz CT molecular complexity index is 539. The maximum absolute atomic E-state index is 12.3. The molecule has 0 radical (unpaired) electrons. The van der Waals surface area contributed by atoms with Crippen molar-refractivity contribution < 1.29 is 14.3 Å². The summed E-state index contributed by atoms with van der Waals surface area (Å²) in [5.41, 5.74) is -0.826. The molecule has 0 rings (SSSR count). The minimum absolute atomic E-state index is 0.252. The molecule has 0 saturated carbocycles. The molecule has 0 fully saturated rings. The van der Waals surface area contributed by atoms with Crippen LogP contribution in [0.4, 0.5) is 0 Å². The van der Waals surface area contributed by atoms with Crippen LogP contribution in [0.15, 0.2) is 35.9 Å². The first-order valence-corrected chi connectivity index (χ1v) is 10.6. The highest BCUT2D eigenvalue weighted by molar-refractivity contribution is 5.84. The van der Waals surface area contributed by atoms with Gasteiger partial charge in [0, 0.05) is 37.4 Å². The second-order valence-electron chi connectivity index (χ2n) is 9.25. The molecule has 0 aliphatic heterocycles. The van der Waals surface area contributed by atoms with Gasteiger partial charge in [-0.1, -0.05) is 45.6 Å². The molecule has 0 aliphatic rings. The second kappa shape index (κ2) is 12.9. The van der Waals surface area contributed by atoms with Gasteiger partial charge in [0.15, 0.2) is 0 Å². The molecule has 0 aromatic heterocycles. The van der Waals surface area contributed by atoms with E-state index in [1.807, 2.05) is 13.8 Å². The topological polar surface area (TPSA) is 63.5 Å². The molecule has 0 bridgehead atoms. The van der Waals surface area contributed by atoms with Crippen LogP contribution in [0.1, 0.15) is 80.6 Å². The summed E-state index contributed by atoms with van der Waals surface area (Å²) in [5.74, 6) is 0.275. The Morgan fingerprint density at radius 2 is 1.66 bits per heavy atom. The van der Waals surface area contributed by atoms with Crippen molar-refractivity contribution in [2.24, 2.45) is 15.8 Å². The van der Waals surface area contributed by atoms with Crippen LogP contribution in [-0.4, -0.2) is 41.8 Å². The zero-order chi connectivity index (χ0) is 22.6. The molecule has 0 unspecified atom stereocenters. The fourth-order valence-corrected chi connectivity index (χ4v) is 2.95. The van der Waals surface area contributed by atoms with E-state index in [9.17, 15) is 4.79 Å². The SMILES string of the molecule is C=C/N=N\N(C=C)C(C)(C)CCOC(C)(C)CCOCCC(=O)C(C)(C)CCC. The van der Waals surface area contributed by atoms with E-state index in [1.54, 1.807) is 11.2 Å². The quantitative estimate of drug-likeness (QED) is 0.165. The molecule has 0 amide bonds. The minimum Gasteiger partial charge on any atom is -0.381 e. The lowest BCUT2D eigenvalue weighted by molar-refractivity contribution is -0.128. The maximum Gasteiger partial charge on any atom is 0.140 e. The fraction of sp³-hybridized carbons (Fsp3) is 0.783. The molecule has 29 heavy (non-hydrogen) atoms. The van der Waals surface area contributed by atoms with Gasteiger partial charge < -0.3 is 9.47 Å². The maximum atomic E-state index is 12.3. The summed E-state index contributed by atoms with van der Waals surface area (Å²) in [6.07, 6.45) is 6.98. The number of ether oxygens (including phenoxy) is 2. The highest BCUT2D eigenvalue weighted by atomic mass is 16.5. The third-order valence-corrected chi connectivity index (χ3v) is 5.18. The molecule has 0 aromatic rings. The van der Waals surface area contributed by atoms with E-state index in [0.29, 0.717) is 26.2 Å². The van der Waals surface area contributed by atoms with Gasteiger partial charge in [-0.05, 0) is 47.0 Å². The number of carbonyl (C=O) groups excluding carboxylic acids is 1. The molecule has 0 aliphatic carbocycles. The first kappa shape index (κ1) is 27.5. The van der Waals surface area contributed by atoms with Gasteiger partial charge in [0.1, 0.15) is 5.78 Å². The van der Waals surface area contributed by atoms with E-state index < -0.39 is 0 Å². The Hall–Kier alpha value is -1.53. The number of rotatable bonds is 17.